The first kappa shape index (κ1) is 25.2. The summed E-state index contributed by atoms with van der Waals surface area (Å²) in [5.41, 5.74) is 1.64. The lowest BCUT2D eigenvalue weighted by atomic mass is 10.1. The Kier molecular flexibility index (Phi) is 8.53. The van der Waals surface area contributed by atoms with Crippen LogP contribution in [0.2, 0.25) is 5.02 Å². The van der Waals surface area contributed by atoms with Crippen molar-refractivity contribution in [2.24, 2.45) is 0 Å². The monoisotopic (exact) mass is 550 g/mol. The smallest absolute Gasteiger partial charge is 0.247 e. The van der Waals surface area contributed by atoms with Crippen LogP contribution in [0.1, 0.15) is 24.1 Å². The number of amides is 1. The molecule has 0 fully saturated rings. The molecule has 174 valence electrons. The summed E-state index contributed by atoms with van der Waals surface area (Å²) < 4.78 is 34.5. The van der Waals surface area contributed by atoms with Crippen LogP contribution in [0, 0.1) is 0 Å². The normalized spacial score (nSPS) is 12.4. The highest BCUT2D eigenvalue weighted by molar-refractivity contribution is 9.10. The third kappa shape index (κ3) is 6.57. The Morgan fingerprint density at radius 3 is 2.48 bits per heavy atom. The number of rotatable bonds is 9. The molecule has 1 amide bonds. The van der Waals surface area contributed by atoms with E-state index in [2.05, 4.69) is 21.2 Å². The van der Waals surface area contributed by atoms with E-state index in [1.54, 1.807) is 18.2 Å². The van der Waals surface area contributed by atoms with Crippen molar-refractivity contribution in [1.29, 1.82) is 0 Å². The predicted octanol–water partition coefficient (Wildman–Crippen LogP) is 5.18. The molecule has 0 spiro atoms. The van der Waals surface area contributed by atoms with E-state index in [-0.39, 0.29) is 34.8 Å². The second-order valence-corrected chi connectivity index (χ2v) is 10.7. The lowest BCUT2D eigenvalue weighted by Gasteiger charge is -2.24. The molecule has 1 N–H and O–H groups in total. The largest absolute Gasteiger partial charge is 0.495 e. The van der Waals surface area contributed by atoms with Crippen LogP contribution in [0.25, 0.3) is 0 Å². The average molecular weight is 552 g/mol. The Hall–Kier alpha value is -2.39. The maximum atomic E-state index is 13.6. The van der Waals surface area contributed by atoms with Crippen molar-refractivity contribution in [3.8, 4) is 5.75 Å². The number of nitrogens with zero attached hydrogens (tertiary/aromatic N) is 1. The predicted molar refractivity (Wildman–Crippen MR) is 133 cm³/mol. The number of carbonyl (C=O) groups is 1. The van der Waals surface area contributed by atoms with E-state index < -0.39 is 15.9 Å². The first-order valence-electron chi connectivity index (χ1n) is 10.1. The fourth-order valence-corrected chi connectivity index (χ4v) is 5.53. The van der Waals surface area contributed by atoms with Gasteiger partial charge in [-0.3, -0.25) is 4.79 Å². The number of hydrogen-bond acceptors (Lipinski definition) is 4. The minimum Gasteiger partial charge on any atom is -0.495 e. The summed E-state index contributed by atoms with van der Waals surface area (Å²) in [6.45, 7) is 1.48. The molecule has 0 saturated heterocycles. The molecule has 0 aliphatic heterocycles. The van der Waals surface area contributed by atoms with Gasteiger partial charge >= 0.3 is 0 Å². The molecule has 0 saturated carbocycles. The molecular formula is C24H24BrClN2O4S. The van der Waals surface area contributed by atoms with Crippen molar-refractivity contribution in [2.75, 3.05) is 13.7 Å². The quantitative estimate of drug-likeness (QED) is 0.398. The van der Waals surface area contributed by atoms with Crippen molar-refractivity contribution in [3.05, 3.63) is 93.4 Å². The van der Waals surface area contributed by atoms with Gasteiger partial charge in [-0.05, 0) is 48.4 Å². The van der Waals surface area contributed by atoms with Crippen LogP contribution < -0.4 is 10.1 Å². The molecular weight excluding hydrogens is 528 g/mol. The summed E-state index contributed by atoms with van der Waals surface area (Å²) in [7, 11) is -2.73. The Morgan fingerprint density at radius 1 is 1.09 bits per heavy atom. The minimum absolute atomic E-state index is 0.0114. The van der Waals surface area contributed by atoms with Gasteiger partial charge in [0.25, 0.3) is 0 Å². The Morgan fingerprint density at radius 2 is 1.82 bits per heavy atom. The third-order valence-corrected chi connectivity index (χ3v) is 7.53. The first-order valence-corrected chi connectivity index (χ1v) is 12.7. The first-order chi connectivity index (χ1) is 15.7. The van der Waals surface area contributed by atoms with Gasteiger partial charge in [0.1, 0.15) is 10.6 Å². The van der Waals surface area contributed by atoms with Gasteiger partial charge in [-0.2, -0.15) is 4.31 Å². The Labute approximate surface area is 207 Å². The average Bonchev–Trinajstić information content (AvgIpc) is 2.79. The standard InChI is InChI=1S/C24H24BrClN2O4S/c1-17(19-9-6-10-20(25)13-19)27-24(29)16-28(15-18-7-4-3-5-8-18)33(30,31)23-14-21(26)11-12-22(23)32-2/h3-14,17H,15-16H2,1-2H3,(H,27,29). The SMILES string of the molecule is COc1ccc(Cl)cc1S(=O)(=O)N(CC(=O)NC(C)c1cccc(Br)c1)Cc1ccccc1. The van der Waals surface area contributed by atoms with Gasteiger partial charge in [-0.25, -0.2) is 8.42 Å². The number of hydrogen-bond donors (Lipinski definition) is 1. The molecule has 0 radical (unpaired) electrons. The van der Waals surface area contributed by atoms with E-state index in [1.807, 2.05) is 49.4 Å². The highest BCUT2D eigenvalue weighted by Gasteiger charge is 2.30. The maximum Gasteiger partial charge on any atom is 0.247 e. The highest BCUT2D eigenvalue weighted by atomic mass is 79.9. The van der Waals surface area contributed by atoms with E-state index in [1.165, 1.54) is 19.2 Å². The van der Waals surface area contributed by atoms with Crippen LogP contribution in [-0.4, -0.2) is 32.3 Å². The lowest BCUT2D eigenvalue weighted by molar-refractivity contribution is -0.122. The van der Waals surface area contributed by atoms with E-state index in [9.17, 15) is 13.2 Å². The van der Waals surface area contributed by atoms with Crippen LogP contribution in [0.3, 0.4) is 0 Å². The molecule has 0 aliphatic carbocycles. The van der Waals surface area contributed by atoms with Crippen molar-refractivity contribution < 1.29 is 17.9 Å². The van der Waals surface area contributed by atoms with Crippen molar-refractivity contribution >= 4 is 43.5 Å². The summed E-state index contributed by atoms with van der Waals surface area (Å²) >= 11 is 9.50. The number of nitrogens with one attached hydrogen (secondary N) is 1. The molecule has 6 nitrogen and oxygen atoms in total. The molecule has 1 unspecified atom stereocenters. The second-order valence-electron chi connectivity index (χ2n) is 7.40. The van der Waals surface area contributed by atoms with Gasteiger partial charge in [0.2, 0.25) is 15.9 Å². The summed E-state index contributed by atoms with van der Waals surface area (Å²) in [4.78, 5) is 12.8. The molecule has 0 aromatic heterocycles. The van der Waals surface area contributed by atoms with Crippen LogP contribution in [0.5, 0.6) is 5.75 Å². The lowest BCUT2D eigenvalue weighted by Crippen LogP contribution is -2.41. The second kappa shape index (κ2) is 11.2. The van der Waals surface area contributed by atoms with E-state index in [0.29, 0.717) is 0 Å². The molecule has 0 heterocycles. The van der Waals surface area contributed by atoms with E-state index in [4.69, 9.17) is 16.3 Å². The van der Waals surface area contributed by atoms with E-state index >= 15 is 0 Å². The topological polar surface area (TPSA) is 75.7 Å². The Balaban J connectivity index is 1.90. The van der Waals surface area contributed by atoms with Gasteiger partial charge < -0.3 is 10.1 Å². The third-order valence-electron chi connectivity index (χ3n) is 4.99. The number of ether oxygens (including phenoxy) is 1. The zero-order valence-electron chi connectivity index (χ0n) is 18.2. The molecule has 0 bridgehead atoms. The number of sulfonamides is 1. The van der Waals surface area contributed by atoms with Crippen LogP contribution >= 0.6 is 27.5 Å². The van der Waals surface area contributed by atoms with Crippen molar-refractivity contribution in [2.45, 2.75) is 24.4 Å². The minimum atomic E-state index is -4.11. The Bertz CT molecular complexity index is 1220. The van der Waals surface area contributed by atoms with Crippen molar-refractivity contribution in [1.82, 2.24) is 9.62 Å². The fourth-order valence-electron chi connectivity index (χ4n) is 3.31. The summed E-state index contributed by atoms with van der Waals surface area (Å²) in [6, 6.07) is 20.7. The number of carbonyl (C=O) groups excluding carboxylic acids is 1. The van der Waals surface area contributed by atoms with Gasteiger partial charge in [0.15, 0.2) is 0 Å². The summed E-state index contributed by atoms with van der Waals surface area (Å²) in [5, 5.41) is 3.13. The number of halogens is 2. The molecule has 3 rings (SSSR count). The zero-order valence-corrected chi connectivity index (χ0v) is 21.3. The fraction of sp³-hybridized carbons (Fsp3) is 0.208. The van der Waals surface area contributed by atoms with Gasteiger partial charge in [-0.15, -0.1) is 0 Å². The molecule has 3 aromatic rings. The molecule has 9 heteroatoms. The van der Waals surface area contributed by atoms with Crippen molar-refractivity contribution in [3.63, 3.8) is 0 Å². The molecule has 1 atom stereocenters. The summed E-state index contributed by atoms with van der Waals surface area (Å²) in [6.07, 6.45) is 0. The molecule has 33 heavy (non-hydrogen) atoms. The highest BCUT2D eigenvalue weighted by Crippen LogP contribution is 2.30. The molecule has 3 aromatic carbocycles. The van der Waals surface area contributed by atoms with Crippen LogP contribution in [-0.2, 0) is 21.4 Å². The van der Waals surface area contributed by atoms with Gasteiger partial charge in [-0.1, -0.05) is 70.0 Å². The zero-order chi connectivity index (χ0) is 24.0. The molecule has 0 aliphatic rings. The summed E-state index contributed by atoms with van der Waals surface area (Å²) in [5.74, 6) is -0.275. The van der Waals surface area contributed by atoms with Crippen LogP contribution in [0.4, 0.5) is 0 Å². The van der Waals surface area contributed by atoms with Gasteiger partial charge in [0, 0.05) is 16.0 Å². The van der Waals surface area contributed by atoms with E-state index in [0.717, 1.165) is 19.9 Å². The number of methoxy groups -OCH3 is 1. The number of benzene rings is 3. The van der Waals surface area contributed by atoms with Crippen LogP contribution in [0.15, 0.2) is 82.2 Å². The maximum absolute atomic E-state index is 13.6. The van der Waals surface area contributed by atoms with Gasteiger partial charge in [0.05, 0.1) is 19.7 Å².